The fraction of sp³-hybridized carbons (Fsp3) is 0.100. The summed E-state index contributed by atoms with van der Waals surface area (Å²) in [6, 6.07) is 10.3. The van der Waals surface area contributed by atoms with E-state index in [1.165, 1.54) is 6.07 Å². The molecule has 0 atom stereocenters. The zero-order chi connectivity index (χ0) is 21.3. The Balaban J connectivity index is 0.000000171. The minimum atomic E-state index is -0.413. The SMILES string of the molecule is Clc1cc(NCc2cnc[nH]2)ccc1Br.Fc1ccc(NCc2cnc[nH]2)cc1Cl. The number of hydrogen-bond acceptors (Lipinski definition) is 4. The molecule has 0 spiro atoms. The van der Waals surface area contributed by atoms with Crippen molar-refractivity contribution in [2.75, 3.05) is 10.6 Å². The van der Waals surface area contributed by atoms with Gasteiger partial charge in [-0.1, -0.05) is 23.2 Å². The summed E-state index contributed by atoms with van der Waals surface area (Å²) in [4.78, 5) is 13.8. The van der Waals surface area contributed by atoms with Gasteiger partial charge in [0.05, 0.1) is 47.2 Å². The van der Waals surface area contributed by atoms with Gasteiger partial charge in [-0.25, -0.2) is 14.4 Å². The average Bonchev–Trinajstić information content (AvgIpc) is 3.44. The monoisotopic (exact) mass is 510 g/mol. The van der Waals surface area contributed by atoms with Crippen LogP contribution in [-0.2, 0) is 13.1 Å². The van der Waals surface area contributed by atoms with Gasteiger partial charge in [0.25, 0.3) is 0 Å². The van der Waals surface area contributed by atoms with Crippen LogP contribution in [0.15, 0.2) is 65.9 Å². The number of imidazole rings is 2. The molecule has 10 heteroatoms. The number of nitrogens with one attached hydrogen (secondary N) is 4. The second-order valence-electron chi connectivity index (χ2n) is 6.12. The van der Waals surface area contributed by atoms with Crippen LogP contribution in [0, 0.1) is 5.82 Å². The number of anilines is 2. The highest BCUT2D eigenvalue weighted by Crippen LogP contribution is 2.25. The summed E-state index contributed by atoms with van der Waals surface area (Å²) in [7, 11) is 0. The van der Waals surface area contributed by atoms with Crippen molar-refractivity contribution >= 4 is 50.5 Å². The van der Waals surface area contributed by atoms with Crippen molar-refractivity contribution in [3.8, 4) is 0 Å². The predicted molar refractivity (Wildman–Crippen MR) is 122 cm³/mol. The van der Waals surface area contributed by atoms with Gasteiger partial charge >= 0.3 is 0 Å². The molecule has 0 unspecified atom stereocenters. The Morgan fingerprint density at radius 3 is 1.83 bits per heavy atom. The molecule has 6 nitrogen and oxygen atoms in total. The van der Waals surface area contributed by atoms with Crippen molar-refractivity contribution in [3.05, 3.63) is 93.2 Å². The lowest BCUT2D eigenvalue weighted by atomic mass is 10.3. The maximum Gasteiger partial charge on any atom is 0.141 e. The first-order valence-corrected chi connectivity index (χ1v) is 10.4. The summed E-state index contributed by atoms with van der Waals surface area (Å²) in [6.07, 6.45) is 6.77. The smallest absolute Gasteiger partial charge is 0.141 e. The second-order valence-corrected chi connectivity index (χ2v) is 7.79. The topological polar surface area (TPSA) is 81.4 Å². The van der Waals surface area contributed by atoms with Crippen LogP contribution in [-0.4, -0.2) is 19.9 Å². The first-order valence-electron chi connectivity index (χ1n) is 8.83. The third kappa shape index (κ3) is 6.76. The molecule has 4 N–H and O–H groups in total. The molecule has 30 heavy (non-hydrogen) atoms. The Labute approximate surface area is 191 Å². The molecule has 0 fully saturated rings. The predicted octanol–water partition coefficient (Wildman–Crippen LogP) is 6.25. The molecule has 2 heterocycles. The van der Waals surface area contributed by atoms with Crippen LogP contribution in [0.5, 0.6) is 0 Å². The number of aromatic amines is 2. The van der Waals surface area contributed by atoms with E-state index < -0.39 is 5.82 Å². The summed E-state index contributed by atoms with van der Waals surface area (Å²) in [5.41, 5.74) is 3.75. The van der Waals surface area contributed by atoms with Crippen LogP contribution in [0.4, 0.5) is 15.8 Å². The number of rotatable bonds is 6. The number of H-pyrrole nitrogens is 2. The van der Waals surface area contributed by atoms with Gasteiger partial charge in [0.1, 0.15) is 5.82 Å². The van der Waals surface area contributed by atoms with Crippen molar-refractivity contribution in [2.24, 2.45) is 0 Å². The fourth-order valence-electron chi connectivity index (χ4n) is 2.37. The van der Waals surface area contributed by atoms with Crippen molar-refractivity contribution in [1.29, 1.82) is 0 Å². The van der Waals surface area contributed by atoms with Gasteiger partial charge in [-0.15, -0.1) is 0 Å². The summed E-state index contributed by atoms with van der Waals surface area (Å²) >= 11 is 15.0. The third-order valence-electron chi connectivity index (χ3n) is 3.91. The van der Waals surface area contributed by atoms with Crippen molar-refractivity contribution in [1.82, 2.24) is 19.9 Å². The van der Waals surface area contributed by atoms with Gasteiger partial charge < -0.3 is 20.6 Å². The molecule has 0 amide bonds. The maximum absolute atomic E-state index is 12.8. The Hall–Kier alpha value is -2.55. The summed E-state index contributed by atoms with van der Waals surface area (Å²) in [6.45, 7) is 1.31. The van der Waals surface area contributed by atoms with Crippen molar-refractivity contribution in [3.63, 3.8) is 0 Å². The number of hydrogen-bond donors (Lipinski definition) is 4. The summed E-state index contributed by atoms with van der Waals surface area (Å²) in [5, 5.41) is 7.15. The van der Waals surface area contributed by atoms with Gasteiger partial charge in [-0.05, 0) is 52.3 Å². The average molecular weight is 512 g/mol. The molecule has 0 saturated carbocycles. The van der Waals surface area contributed by atoms with Gasteiger partial charge in [0.2, 0.25) is 0 Å². The van der Waals surface area contributed by atoms with Crippen LogP contribution < -0.4 is 10.6 Å². The number of benzene rings is 2. The molecule has 0 aliphatic heterocycles. The van der Waals surface area contributed by atoms with E-state index in [0.717, 1.165) is 27.2 Å². The minimum Gasteiger partial charge on any atom is -0.379 e. The number of halogens is 4. The standard InChI is InChI=1S/C10H9BrClN3.C10H9ClFN3/c11-9-2-1-7(3-10(9)12)14-5-8-4-13-6-15-8;11-9-3-7(1-2-10(9)12)14-5-8-4-13-6-15-8/h2*1-4,6,14H,5H2,(H,13,15). The molecule has 0 aliphatic rings. The molecule has 0 aliphatic carbocycles. The lowest BCUT2D eigenvalue weighted by Gasteiger charge is -2.05. The quantitative estimate of drug-likeness (QED) is 0.246. The largest absolute Gasteiger partial charge is 0.379 e. The van der Waals surface area contributed by atoms with Crippen LogP contribution in [0.3, 0.4) is 0 Å². The van der Waals surface area contributed by atoms with Crippen molar-refractivity contribution < 1.29 is 4.39 Å². The lowest BCUT2D eigenvalue weighted by Crippen LogP contribution is -1.99. The number of nitrogens with zero attached hydrogens (tertiary/aromatic N) is 2. The first-order chi connectivity index (χ1) is 14.5. The lowest BCUT2D eigenvalue weighted by molar-refractivity contribution is 0.628. The molecule has 4 aromatic rings. The van der Waals surface area contributed by atoms with E-state index in [2.05, 4.69) is 46.5 Å². The maximum atomic E-state index is 12.8. The third-order valence-corrected chi connectivity index (χ3v) is 5.44. The van der Waals surface area contributed by atoms with Crippen LogP contribution >= 0.6 is 39.1 Å². The van der Waals surface area contributed by atoms with Crippen molar-refractivity contribution in [2.45, 2.75) is 13.1 Å². The van der Waals surface area contributed by atoms with Gasteiger partial charge in [-0.3, -0.25) is 0 Å². The molecule has 2 aromatic heterocycles. The highest BCUT2D eigenvalue weighted by atomic mass is 79.9. The van der Waals surface area contributed by atoms with E-state index >= 15 is 0 Å². The van der Waals surface area contributed by atoms with E-state index in [1.54, 1.807) is 37.2 Å². The first kappa shape index (κ1) is 22.1. The second kappa shape index (κ2) is 11.0. The highest BCUT2D eigenvalue weighted by Gasteiger charge is 2.01. The van der Waals surface area contributed by atoms with Crippen LogP contribution in [0.1, 0.15) is 11.4 Å². The Bertz CT molecular complexity index is 972. The molecule has 4 rings (SSSR count). The zero-order valence-corrected chi connectivity index (χ0v) is 18.7. The molecular weight excluding hydrogens is 494 g/mol. The van der Waals surface area contributed by atoms with Crippen LogP contribution in [0.25, 0.3) is 0 Å². The van der Waals surface area contributed by atoms with Crippen LogP contribution in [0.2, 0.25) is 10.0 Å². The normalized spacial score (nSPS) is 10.3. The summed E-state index contributed by atoms with van der Waals surface area (Å²) < 4.78 is 13.7. The zero-order valence-electron chi connectivity index (χ0n) is 15.6. The molecule has 0 bridgehead atoms. The summed E-state index contributed by atoms with van der Waals surface area (Å²) in [5.74, 6) is -0.413. The van der Waals surface area contributed by atoms with E-state index in [4.69, 9.17) is 23.2 Å². The fourth-order valence-corrected chi connectivity index (χ4v) is 2.98. The molecule has 2 aromatic carbocycles. The molecule has 156 valence electrons. The van der Waals surface area contributed by atoms with Gasteiger partial charge in [0.15, 0.2) is 0 Å². The highest BCUT2D eigenvalue weighted by molar-refractivity contribution is 9.10. The minimum absolute atomic E-state index is 0.115. The van der Waals surface area contributed by atoms with Gasteiger partial charge in [0, 0.05) is 28.2 Å². The van der Waals surface area contributed by atoms with E-state index in [9.17, 15) is 4.39 Å². The number of aromatic nitrogens is 4. The van der Waals surface area contributed by atoms with E-state index in [1.807, 2.05) is 18.2 Å². The van der Waals surface area contributed by atoms with E-state index in [-0.39, 0.29) is 5.02 Å². The molecule has 0 saturated heterocycles. The Morgan fingerprint density at radius 2 is 1.37 bits per heavy atom. The molecule has 0 radical (unpaired) electrons. The van der Waals surface area contributed by atoms with Gasteiger partial charge in [-0.2, -0.15) is 0 Å². The van der Waals surface area contributed by atoms with E-state index in [0.29, 0.717) is 18.1 Å². The Morgan fingerprint density at radius 1 is 0.833 bits per heavy atom. The molecular formula is C20H18BrCl2FN6. The Kier molecular flexibility index (Phi) is 8.12.